The number of carbonyl (C=O) groups excluding carboxylic acids is 2. The van der Waals surface area contributed by atoms with E-state index in [-0.39, 0.29) is 23.5 Å². The van der Waals surface area contributed by atoms with E-state index in [0.29, 0.717) is 46.3 Å². The predicted molar refractivity (Wildman–Crippen MR) is 163 cm³/mol. The molecule has 2 N–H and O–H groups in total. The largest absolute Gasteiger partial charge is 0.475 e. The van der Waals surface area contributed by atoms with Crippen molar-refractivity contribution < 1.29 is 32.2 Å². The highest BCUT2D eigenvalue weighted by Crippen LogP contribution is 2.36. The van der Waals surface area contributed by atoms with E-state index in [2.05, 4.69) is 15.0 Å². The van der Waals surface area contributed by atoms with Gasteiger partial charge in [0.05, 0.1) is 4.90 Å². The number of carbonyl (C=O) groups is 2. The van der Waals surface area contributed by atoms with Gasteiger partial charge in [-0.15, -0.1) is 0 Å². The van der Waals surface area contributed by atoms with Gasteiger partial charge >= 0.3 is 0 Å². The molecule has 230 valence electrons. The molecule has 2 amide bonds. The van der Waals surface area contributed by atoms with E-state index >= 15 is 0 Å². The van der Waals surface area contributed by atoms with Crippen molar-refractivity contribution in [2.24, 2.45) is 7.05 Å². The quantitative estimate of drug-likeness (QED) is 0.237. The predicted octanol–water partition coefficient (Wildman–Crippen LogP) is 5.10. The first kappa shape index (κ1) is 30.6. The van der Waals surface area contributed by atoms with Crippen molar-refractivity contribution in [1.29, 1.82) is 0 Å². The molecular formula is C32H34N4O7S. The summed E-state index contributed by atoms with van der Waals surface area (Å²) in [6.07, 6.45) is 3.18. The number of aromatic nitrogens is 2. The number of benzene rings is 3. The van der Waals surface area contributed by atoms with Crippen LogP contribution in [0.3, 0.4) is 0 Å². The minimum Gasteiger partial charge on any atom is -0.475 e. The second-order valence-electron chi connectivity index (χ2n) is 10.7. The molecule has 0 saturated heterocycles. The van der Waals surface area contributed by atoms with Crippen molar-refractivity contribution in [3.8, 4) is 17.2 Å². The van der Waals surface area contributed by atoms with Gasteiger partial charge in [-0.1, -0.05) is 45.4 Å². The van der Waals surface area contributed by atoms with Crippen LogP contribution in [-0.2, 0) is 28.3 Å². The smallest absolute Gasteiger partial charge is 0.279 e. The third-order valence-electron chi connectivity index (χ3n) is 7.16. The van der Waals surface area contributed by atoms with Gasteiger partial charge in [0.15, 0.2) is 11.5 Å². The number of sulfonamides is 1. The van der Waals surface area contributed by atoms with Crippen LogP contribution in [-0.4, -0.2) is 36.6 Å². The third-order valence-corrected chi connectivity index (χ3v) is 8.53. The van der Waals surface area contributed by atoms with Crippen LogP contribution in [0.1, 0.15) is 66.3 Å². The van der Waals surface area contributed by atoms with Crippen LogP contribution in [0.5, 0.6) is 17.2 Å². The molecule has 0 saturated carbocycles. The molecule has 0 fully saturated rings. The topological polar surface area (TPSA) is 138 Å². The number of aryl methyl sites for hydroxylation is 2. The van der Waals surface area contributed by atoms with Crippen LogP contribution in [0.2, 0.25) is 0 Å². The molecule has 1 atom stereocenters. The van der Waals surface area contributed by atoms with Crippen molar-refractivity contribution in [2.45, 2.75) is 50.5 Å². The fraction of sp³-hybridized carbons (Fsp3) is 0.281. The molecule has 5 rings (SSSR count). The standard InChI is InChI=1S/C32H34N4O7S/c1-5-6-22-17-24(30(37)34-32-33-15-16-36(32)4)10-13-26(22)43-29(23-9-14-27-28(18-23)42-19-41-27)31(38)35-44(39,40)25-11-7-21(8-12-25)20(2)3/h7-18,20,29H,5-6,19H2,1-4H3,(H,35,38)(H,33,34,37). The summed E-state index contributed by atoms with van der Waals surface area (Å²) in [4.78, 5) is 30.8. The summed E-state index contributed by atoms with van der Waals surface area (Å²) in [5, 5.41) is 2.77. The Hall–Kier alpha value is -4.84. The Labute approximate surface area is 256 Å². The first-order chi connectivity index (χ1) is 21.1. The summed E-state index contributed by atoms with van der Waals surface area (Å²) in [6, 6.07) is 16.1. The van der Waals surface area contributed by atoms with Gasteiger partial charge < -0.3 is 18.8 Å². The van der Waals surface area contributed by atoms with Gasteiger partial charge in [-0.3, -0.25) is 14.9 Å². The van der Waals surface area contributed by atoms with E-state index in [1.165, 1.54) is 12.1 Å². The average Bonchev–Trinajstić information content (AvgIpc) is 3.64. The summed E-state index contributed by atoms with van der Waals surface area (Å²) in [6.45, 7) is 6.01. The van der Waals surface area contributed by atoms with Gasteiger partial charge in [-0.25, -0.2) is 18.1 Å². The maximum absolute atomic E-state index is 13.7. The number of amides is 2. The molecule has 12 heteroatoms. The Morgan fingerprint density at radius 3 is 2.41 bits per heavy atom. The highest BCUT2D eigenvalue weighted by molar-refractivity contribution is 7.90. The van der Waals surface area contributed by atoms with Crippen molar-refractivity contribution >= 4 is 27.8 Å². The van der Waals surface area contributed by atoms with E-state index in [1.54, 1.807) is 72.5 Å². The lowest BCUT2D eigenvalue weighted by atomic mass is 10.0. The normalized spacial score (nSPS) is 13.0. The van der Waals surface area contributed by atoms with Crippen LogP contribution in [0.4, 0.5) is 5.95 Å². The summed E-state index contributed by atoms with van der Waals surface area (Å²) < 4.78 is 47.6. The van der Waals surface area contributed by atoms with Gasteiger partial charge in [0.1, 0.15) is 5.75 Å². The molecule has 0 bridgehead atoms. The maximum atomic E-state index is 13.7. The van der Waals surface area contributed by atoms with Crippen LogP contribution in [0, 0.1) is 0 Å². The van der Waals surface area contributed by atoms with Crippen LogP contribution in [0.15, 0.2) is 78.0 Å². The zero-order chi connectivity index (χ0) is 31.4. The first-order valence-electron chi connectivity index (χ1n) is 14.2. The second kappa shape index (κ2) is 12.8. The first-order valence-corrected chi connectivity index (χ1v) is 15.7. The summed E-state index contributed by atoms with van der Waals surface area (Å²) in [5.41, 5.74) is 2.37. The van der Waals surface area contributed by atoms with E-state index in [0.717, 1.165) is 12.0 Å². The summed E-state index contributed by atoms with van der Waals surface area (Å²) >= 11 is 0. The van der Waals surface area contributed by atoms with E-state index < -0.39 is 22.0 Å². The Balaban J connectivity index is 1.45. The molecular weight excluding hydrogens is 584 g/mol. The Bertz CT molecular complexity index is 1780. The number of nitrogens with zero attached hydrogens (tertiary/aromatic N) is 2. The molecule has 1 aromatic heterocycles. The number of hydrogen-bond acceptors (Lipinski definition) is 8. The number of ether oxygens (including phenoxy) is 3. The van der Waals surface area contributed by atoms with Crippen LogP contribution >= 0.6 is 0 Å². The van der Waals surface area contributed by atoms with Crippen molar-refractivity contribution in [1.82, 2.24) is 14.3 Å². The molecule has 0 spiro atoms. The number of anilines is 1. The molecule has 1 unspecified atom stereocenters. The highest BCUT2D eigenvalue weighted by atomic mass is 32.2. The molecule has 4 aromatic rings. The number of imidazole rings is 1. The minimum atomic E-state index is -4.22. The van der Waals surface area contributed by atoms with Gasteiger partial charge in [-0.2, -0.15) is 0 Å². The molecule has 0 aliphatic carbocycles. The minimum absolute atomic E-state index is 0.0275. The SMILES string of the molecule is CCCc1cc(C(=O)Nc2nccn2C)ccc1OC(C(=O)NS(=O)(=O)c1ccc(C(C)C)cc1)c1ccc2c(c1)OCO2. The lowest BCUT2D eigenvalue weighted by Crippen LogP contribution is -2.37. The van der Waals surface area contributed by atoms with Crippen molar-refractivity contribution in [3.63, 3.8) is 0 Å². The number of hydrogen-bond donors (Lipinski definition) is 2. The zero-order valence-corrected chi connectivity index (χ0v) is 25.7. The fourth-order valence-corrected chi connectivity index (χ4v) is 5.70. The van der Waals surface area contributed by atoms with E-state index in [9.17, 15) is 18.0 Å². The highest BCUT2D eigenvalue weighted by Gasteiger charge is 2.30. The number of nitrogens with one attached hydrogen (secondary N) is 2. The second-order valence-corrected chi connectivity index (χ2v) is 12.4. The van der Waals surface area contributed by atoms with E-state index in [4.69, 9.17) is 14.2 Å². The fourth-order valence-electron chi connectivity index (χ4n) is 4.71. The van der Waals surface area contributed by atoms with Gasteiger partial charge in [0, 0.05) is 30.6 Å². The van der Waals surface area contributed by atoms with Gasteiger partial charge in [0.2, 0.25) is 18.8 Å². The molecule has 44 heavy (non-hydrogen) atoms. The molecule has 11 nitrogen and oxygen atoms in total. The molecule has 0 radical (unpaired) electrons. The Morgan fingerprint density at radius 2 is 1.73 bits per heavy atom. The molecule has 1 aliphatic heterocycles. The zero-order valence-electron chi connectivity index (χ0n) is 24.9. The lowest BCUT2D eigenvalue weighted by Gasteiger charge is -2.22. The molecule has 1 aliphatic rings. The van der Waals surface area contributed by atoms with Crippen LogP contribution < -0.4 is 24.2 Å². The van der Waals surface area contributed by atoms with Crippen molar-refractivity contribution in [2.75, 3.05) is 12.1 Å². The van der Waals surface area contributed by atoms with Gasteiger partial charge in [-0.05, 0) is 65.9 Å². The van der Waals surface area contributed by atoms with Crippen molar-refractivity contribution in [3.05, 3.63) is 95.3 Å². The monoisotopic (exact) mass is 618 g/mol. The summed E-state index contributed by atoms with van der Waals surface area (Å²) in [7, 11) is -2.45. The molecule has 2 heterocycles. The number of rotatable bonds is 11. The Kier molecular flexibility index (Phi) is 8.91. The number of fused-ring (bicyclic) bond motifs is 1. The summed E-state index contributed by atoms with van der Waals surface area (Å²) in [5.74, 6) is 0.601. The average molecular weight is 619 g/mol. The van der Waals surface area contributed by atoms with E-state index in [1.807, 2.05) is 20.8 Å². The third kappa shape index (κ3) is 6.70. The maximum Gasteiger partial charge on any atom is 0.279 e. The van der Waals surface area contributed by atoms with Crippen LogP contribution in [0.25, 0.3) is 0 Å². The van der Waals surface area contributed by atoms with Gasteiger partial charge in [0.25, 0.3) is 21.8 Å². The molecule has 3 aromatic carbocycles. The lowest BCUT2D eigenvalue weighted by molar-refractivity contribution is -0.126. The Morgan fingerprint density at radius 1 is 1.00 bits per heavy atom.